The van der Waals surface area contributed by atoms with Crippen molar-refractivity contribution >= 4 is 5.97 Å². The summed E-state index contributed by atoms with van der Waals surface area (Å²) in [6.45, 7) is 3.57. The van der Waals surface area contributed by atoms with E-state index in [2.05, 4.69) is 13.8 Å². The molecule has 11 unspecified atom stereocenters. The number of aliphatic hydroxyl groups is 7. The average Bonchev–Trinajstić information content (AvgIpc) is 3.19. The van der Waals surface area contributed by atoms with Crippen molar-refractivity contribution in [2.24, 2.45) is 0 Å². The second-order valence-corrected chi connectivity index (χ2v) is 15.9. The lowest BCUT2D eigenvalue weighted by atomic mass is 9.98. The molecule has 2 fully saturated rings. The molecule has 0 spiro atoms. The summed E-state index contributed by atoms with van der Waals surface area (Å²) in [6, 6.07) is 0. The fourth-order valence-electron chi connectivity index (χ4n) is 7.17. The van der Waals surface area contributed by atoms with Gasteiger partial charge in [-0.25, -0.2) is 0 Å². The first-order chi connectivity index (χ1) is 27.1. The Labute approximate surface area is 336 Å². The SMILES string of the molecule is CCCCCCCCCCCCCCCCCCCCOCC(COC1OC(COC2OC(CO)C(O)C(O)C2O)C(O)C(O)C1O)OC(=O)CCCCCC. The molecule has 0 aliphatic carbocycles. The number of carbonyl (C=O) groups excluding carboxylic acids is 1. The smallest absolute Gasteiger partial charge is 0.306 e. The number of aliphatic hydroxyl groups excluding tert-OH is 7. The zero-order valence-electron chi connectivity index (χ0n) is 34.6. The van der Waals surface area contributed by atoms with Crippen LogP contribution in [0.4, 0.5) is 0 Å². The van der Waals surface area contributed by atoms with Gasteiger partial charge in [0.2, 0.25) is 0 Å². The molecule has 2 saturated heterocycles. The highest BCUT2D eigenvalue weighted by Crippen LogP contribution is 2.26. The molecule has 11 atom stereocenters. The van der Waals surface area contributed by atoms with Crippen LogP contribution in [0.15, 0.2) is 0 Å². The largest absolute Gasteiger partial charge is 0.457 e. The van der Waals surface area contributed by atoms with Gasteiger partial charge in [0.25, 0.3) is 0 Å². The predicted molar refractivity (Wildman–Crippen MR) is 211 cm³/mol. The summed E-state index contributed by atoms with van der Waals surface area (Å²) >= 11 is 0. The first-order valence-electron chi connectivity index (χ1n) is 22.1. The molecular weight excluding hydrogens is 728 g/mol. The van der Waals surface area contributed by atoms with Crippen LogP contribution >= 0.6 is 0 Å². The molecule has 2 aliphatic rings. The van der Waals surface area contributed by atoms with E-state index in [9.17, 15) is 40.5 Å². The van der Waals surface area contributed by atoms with E-state index < -0.39 is 86.7 Å². The van der Waals surface area contributed by atoms with Crippen LogP contribution in [-0.2, 0) is 33.2 Å². The molecule has 7 N–H and O–H groups in total. The van der Waals surface area contributed by atoms with Gasteiger partial charge in [0.1, 0.15) is 54.9 Å². The number of esters is 1. The van der Waals surface area contributed by atoms with Gasteiger partial charge >= 0.3 is 5.97 Å². The number of unbranched alkanes of at least 4 members (excludes halogenated alkanes) is 20. The monoisotopic (exact) mass is 809 g/mol. The summed E-state index contributed by atoms with van der Waals surface area (Å²) < 4.78 is 33.9. The molecule has 14 heteroatoms. The van der Waals surface area contributed by atoms with Gasteiger partial charge in [-0.3, -0.25) is 4.79 Å². The van der Waals surface area contributed by atoms with Crippen LogP contribution in [0, 0.1) is 0 Å². The van der Waals surface area contributed by atoms with Crippen LogP contribution in [0.1, 0.15) is 162 Å². The number of ether oxygens (including phenoxy) is 6. The highest BCUT2D eigenvalue weighted by Gasteiger charge is 2.47. The van der Waals surface area contributed by atoms with Gasteiger partial charge in [-0.15, -0.1) is 0 Å². The zero-order valence-corrected chi connectivity index (χ0v) is 34.6. The van der Waals surface area contributed by atoms with E-state index in [1.807, 2.05) is 0 Å². The highest BCUT2D eigenvalue weighted by molar-refractivity contribution is 5.69. The van der Waals surface area contributed by atoms with Gasteiger partial charge in [0.15, 0.2) is 12.6 Å². The molecule has 2 aliphatic heterocycles. The van der Waals surface area contributed by atoms with E-state index in [1.165, 1.54) is 96.3 Å². The zero-order chi connectivity index (χ0) is 41.0. The van der Waals surface area contributed by atoms with Crippen molar-refractivity contribution in [1.82, 2.24) is 0 Å². The third-order valence-electron chi connectivity index (χ3n) is 10.9. The van der Waals surface area contributed by atoms with Crippen LogP contribution in [0.2, 0.25) is 0 Å². The maximum Gasteiger partial charge on any atom is 0.306 e. The number of hydrogen-bond acceptors (Lipinski definition) is 14. The maximum absolute atomic E-state index is 12.7. The topological polar surface area (TPSA) is 214 Å². The van der Waals surface area contributed by atoms with Crippen molar-refractivity contribution in [2.75, 3.05) is 33.0 Å². The lowest BCUT2D eigenvalue weighted by Crippen LogP contribution is -2.61. The van der Waals surface area contributed by atoms with Crippen molar-refractivity contribution in [3.63, 3.8) is 0 Å². The average molecular weight is 809 g/mol. The van der Waals surface area contributed by atoms with Crippen molar-refractivity contribution in [1.29, 1.82) is 0 Å². The minimum Gasteiger partial charge on any atom is -0.457 e. The Morgan fingerprint density at radius 1 is 0.518 bits per heavy atom. The van der Waals surface area contributed by atoms with Crippen LogP contribution in [-0.4, -0.2) is 142 Å². The molecule has 56 heavy (non-hydrogen) atoms. The maximum atomic E-state index is 12.7. The Morgan fingerprint density at radius 2 is 0.946 bits per heavy atom. The molecule has 0 radical (unpaired) electrons. The van der Waals surface area contributed by atoms with Crippen LogP contribution < -0.4 is 0 Å². The molecule has 2 heterocycles. The summed E-state index contributed by atoms with van der Waals surface area (Å²) in [5, 5.41) is 71.5. The summed E-state index contributed by atoms with van der Waals surface area (Å²) in [5.74, 6) is -0.391. The lowest BCUT2D eigenvalue weighted by Gasteiger charge is -2.42. The Kier molecular flexibility index (Phi) is 29.1. The molecule has 2 rings (SSSR count). The van der Waals surface area contributed by atoms with E-state index in [0.717, 1.165) is 38.5 Å². The lowest BCUT2D eigenvalue weighted by molar-refractivity contribution is -0.332. The number of hydrogen-bond donors (Lipinski definition) is 7. The number of rotatable bonds is 34. The van der Waals surface area contributed by atoms with Crippen molar-refractivity contribution in [3.05, 3.63) is 0 Å². The normalized spacial score (nSPS) is 28.7. The summed E-state index contributed by atoms with van der Waals surface area (Å²) in [4.78, 5) is 12.7. The van der Waals surface area contributed by atoms with Crippen molar-refractivity contribution < 1.29 is 69.0 Å². The van der Waals surface area contributed by atoms with Gasteiger partial charge in [-0.05, 0) is 12.8 Å². The third-order valence-corrected chi connectivity index (χ3v) is 10.9. The Bertz CT molecular complexity index is 943. The quantitative estimate of drug-likeness (QED) is 0.0351. The van der Waals surface area contributed by atoms with Crippen LogP contribution in [0.3, 0.4) is 0 Å². The molecule has 0 aromatic carbocycles. The van der Waals surface area contributed by atoms with Crippen LogP contribution in [0.5, 0.6) is 0 Å². The first-order valence-corrected chi connectivity index (χ1v) is 22.1. The summed E-state index contributed by atoms with van der Waals surface area (Å²) in [6.07, 6.45) is 11.1. The van der Waals surface area contributed by atoms with Gasteiger partial charge < -0.3 is 64.2 Å². The summed E-state index contributed by atoms with van der Waals surface area (Å²) in [5.41, 5.74) is 0. The molecular formula is C42H80O14. The fraction of sp³-hybridized carbons (Fsp3) is 0.976. The van der Waals surface area contributed by atoms with Crippen molar-refractivity contribution in [3.8, 4) is 0 Å². The van der Waals surface area contributed by atoms with Gasteiger partial charge in [-0.1, -0.05) is 142 Å². The van der Waals surface area contributed by atoms with E-state index in [4.69, 9.17) is 28.4 Å². The van der Waals surface area contributed by atoms with Gasteiger partial charge in [-0.2, -0.15) is 0 Å². The number of carbonyl (C=O) groups is 1. The predicted octanol–water partition coefficient (Wildman–Crippen LogP) is 4.57. The Morgan fingerprint density at radius 3 is 1.45 bits per heavy atom. The fourth-order valence-corrected chi connectivity index (χ4v) is 7.17. The third kappa shape index (κ3) is 20.8. The second kappa shape index (κ2) is 31.9. The van der Waals surface area contributed by atoms with Crippen LogP contribution in [0.25, 0.3) is 0 Å². The Balaban J connectivity index is 1.70. The van der Waals surface area contributed by atoms with E-state index in [0.29, 0.717) is 13.0 Å². The molecule has 0 aromatic rings. The molecule has 0 aromatic heterocycles. The van der Waals surface area contributed by atoms with Gasteiger partial charge in [0.05, 0.1) is 26.4 Å². The van der Waals surface area contributed by atoms with E-state index >= 15 is 0 Å². The summed E-state index contributed by atoms with van der Waals surface area (Å²) in [7, 11) is 0. The minimum atomic E-state index is -1.70. The van der Waals surface area contributed by atoms with E-state index in [-0.39, 0.29) is 19.6 Å². The molecule has 0 saturated carbocycles. The standard InChI is InChI=1S/C42H80O14/c1-3-5-7-9-10-11-12-13-14-15-16-17-18-19-20-21-22-24-26-51-28-31(54-34(44)25-23-8-6-4-2)29-52-41-40(50)38(48)36(46)33(56-41)30-53-42-39(49)37(47)35(45)32(27-43)55-42/h31-33,35-43,45-50H,3-30H2,1-2H3. The highest BCUT2D eigenvalue weighted by atomic mass is 16.7. The molecule has 0 amide bonds. The first kappa shape index (κ1) is 51.1. The molecule has 0 bridgehead atoms. The van der Waals surface area contributed by atoms with Crippen molar-refractivity contribution in [2.45, 2.75) is 229 Å². The Hall–Kier alpha value is -1.01. The van der Waals surface area contributed by atoms with Gasteiger partial charge in [0, 0.05) is 13.0 Å². The van der Waals surface area contributed by atoms with E-state index in [1.54, 1.807) is 0 Å². The second-order valence-electron chi connectivity index (χ2n) is 15.9. The molecule has 332 valence electrons. The molecule has 14 nitrogen and oxygen atoms in total. The minimum absolute atomic E-state index is 0.0668.